The number of halogens is 1. The van der Waals surface area contributed by atoms with E-state index >= 15 is 0 Å². The minimum atomic E-state index is -0.841. The molecule has 0 saturated heterocycles. The molecule has 1 fully saturated rings. The van der Waals surface area contributed by atoms with Crippen LogP contribution >= 0.6 is 11.6 Å². The number of aliphatic hydroxyl groups is 1. The zero-order valence-electron chi connectivity index (χ0n) is 10.3. The molecule has 0 amide bonds. The van der Waals surface area contributed by atoms with Crippen molar-refractivity contribution in [1.29, 1.82) is 0 Å². The summed E-state index contributed by atoms with van der Waals surface area (Å²) in [5.41, 5.74) is 0.0698. The van der Waals surface area contributed by atoms with Crippen molar-refractivity contribution in [3.8, 4) is 0 Å². The van der Waals surface area contributed by atoms with Crippen molar-refractivity contribution in [2.45, 2.75) is 39.2 Å². The molecule has 1 aromatic heterocycles. The highest BCUT2D eigenvalue weighted by Gasteiger charge is 2.50. The molecular formula is C12H19ClN2O. The first-order valence-electron chi connectivity index (χ1n) is 5.67. The second-order valence-electron chi connectivity index (χ2n) is 5.84. The predicted molar refractivity (Wildman–Crippen MR) is 64.3 cm³/mol. The summed E-state index contributed by atoms with van der Waals surface area (Å²) in [5.74, 6) is 0.204. The Morgan fingerprint density at radius 3 is 2.56 bits per heavy atom. The fourth-order valence-corrected chi connectivity index (χ4v) is 3.52. The first-order valence-corrected chi connectivity index (χ1v) is 6.04. The molecule has 1 aromatic rings. The van der Waals surface area contributed by atoms with Gasteiger partial charge in [-0.3, -0.25) is 4.68 Å². The van der Waals surface area contributed by atoms with Gasteiger partial charge in [-0.1, -0.05) is 32.4 Å². The van der Waals surface area contributed by atoms with Gasteiger partial charge in [0, 0.05) is 7.05 Å². The molecule has 2 rings (SSSR count). The Balaban J connectivity index is 2.48. The third-order valence-electron chi connectivity index (χ3n) is 3.73. The summed E-state index contributed by atoms with van der Waals surface area (Å²) in [6.07, 6.45) is 3.35. The van der Waals surface area contributed by atoms with E-state index in [4.69, 9.17) is 11.6 Å². The maximum atomic E-state index is 10.9. The van der Waals surface area contributed by atoms with E-state index in [9.17, 15) is 5.11 Å². The summed E-state index contributed by atoms with van der Waals surface area (Å²) in [4.78, 5) is 0. The standard InChI is InChI=1S/C12H19ClN2O/c1-8-5-11(2,3)7-12(8,16)10-9(13)6-14-15(10)4/h6,8,16H,5,7H2,1-4H3. The van der Waals surface area contributed by atoms with Crippen molar-refractivity contribution in [2.75, 3.05) is 0 Å². The molecule has 0 aliphatic heterocycles. The second-order valence-corrected chi connectivity index (χ2v) is 6.24. The van der Waals surface area contributed by atoms with Gasteiger partial charge in [0.25, 0.3) is 0 Å². The van der Waals surface area contributed by atoms with E-state index in [1.807, 2.05) is 7.05 Å². The molecule has 0 spiro atoms. The third-order valence-corrected chi connectivity index (χ3v) is 4.00. The molecule has 0 aromatic carbocycles. The average Bonchev–Trinajstić information content (AvgIpc) is 2.52. The van der Waals surface area contributed by atoms with Crippen molar-refractivity contribution in [3.63, 3.8) is 0 Å². The molecule has 2 atom stereocenters. The van der Waals surface area contributed by atoms with E-state index in [1.54, 1.807) is 10.9 Å². The van der Waals surface area contributed by atoms with Gasteiger partial charge in [-0.15, -0.1) is 0 Å². The summed E-state index contributed by atoms with van der Waals surface area (Å²) in [6, 6.07) is 0. The molecule has 4 heteroatoms. The Morgan fingerprint density at radius 2 is 2.19 bits per heavy atom. The molecule has 0 bridgehead atoms. The zero-order valence-corrected chi connectivity index (χ0v) is 11.0. The van der Waals surface area contributed by atoms with Crippen LogP contribution in [0.2, 0.25) is 5.02 Å². The first kappa shape index (κ1) is 11.9. The van der Waals surface area contributed by atoms with E-state index in [2.05, 4.69) is 25.9 Å². The maximum absolute atomic E-state index is 10.9. The van der Waals surface area contributed by atoms with Crippen molar-refractivity contribution < 1.29 is 5.11 Å². The van der Waals surface area contributed by atoms with Gasteiger partial charge in [-0.25, -0.2) is 0 Å². The van der Waals surface area contributed by atoms with Gasteiger partial charge in [0.1, 0.15) is 5.60 Å². The van der Waals surface area contributed by atoms with Crippen molar-refractivity contribution in [2.24, 2.45) is 18.4 Å². The van der Waals surface area contributed by atoms with Gasteiger partial charge >= 0.3 is 0 Å². The van der Waals surface area contributed by atoms with Crippen LogP contribution in [0.15, 0.2) is 6.20 Å². The molecule has 1 aliphatic rings. The van der Waals surface area contributed by atoms with Crippen LogP contribution in [-0.4, -0.2) is 14.9 Å². The average molecular weight is 243 g/mol. The van der Waals surface area contributed by atoms with Crippen LogP contribution in [0.3, 0.4) is 0 Å². The molecule has 1 heterocycles. The van der Waals surface area contributed by atoms with Crippen LogP contribution in [0.25, 0.3) is 0 Å². The molecule has 16 heavy (non-hydrogen) atoms. The SMILES string of the molecule is CC1CC(C)(C)CC1(O)c1c(Cl)cnn1C. The Labute approximate surface area is 101 Å². The zero-order chi connectivity index (χ0) is 12.1. The van der Waals surface area contributed by atoms with Crippen LogP contribution in [0.1, 0.15) is 39.3 Å². The van der Waals surface area contributed by atoms with E-state index in [1.165, 1.54) is 0 Å². The third kappa shape index (κ3) is 1.66. The summed E-state index contributed by atoms with van der Waals surface area (Å²) in [6.45, 7) is 6.45. The Hall–Kier alpha value is -0.540. The number of aromatic nitrogens is 2. The largest absolute Gasteiger partial charge is 0.383 e. The van der Waals surface area contributed by atoms with Gasteiger partial charge in [0.15, 0.2) is 0 Å². The van der Waals surface area contributed by atoms with Gasteiger partial charge < -0.3 is 5.11 Å². The molecule has 0 radical (unpaired) electrons. The number of hydrogen-bond donors (Lipinski definition) is 1. The molecule has 3 nitrogen and oxygen atoms in total. The fraction of sp³-hybridized carbons (Fsp3) is 0.750. The Bertz CT molecular complexity index is 394. The molecule has 90 valence electrons. The molecule has 2 unspecified atom stereocenters. The smallest absolute Gasteiger partial charge is 0.111 e. The number of rotatable bonds is 1. The molecule has 1 saturated carbocycles. The Morgan fingerprint density at radius 1 is 1.56 bits per heavy atom. The highest BCUT2D eigenvalue weighted by molar-refractivity contribution is 6.31. The Kier molecular flexibility index (Phi) is 2.59. The lowest BCUT2D eigenvalue weighted by Gasteiger charge is -2.29. The van der Waals surface area contributed by atoms with Gasteiger partial charge in [0.05, 0.1) is 16.9 Å². The lowest BCUT2D eigenvalue weighted by Crippen LogP contribution is -2.32. The number of hydrogen-bond acceptors (Lipinski definition) is 2. The second kappa shape index (κ2) is 3.47. The summed E-state index contributed by atoms with van der Waals surface area (Å²) in [5, 5.41) is 15.5. The van der Waals surface area contributed by atoms with E-state index in [0.717, 1.165) is 18.5 Å². The summed E-state index contributed by atoms with van der Waals surface area (Å²) >= 11 is 6.13. The van der Waals surface area contributed by atoms with E-state index in [-0.39, 0.29) is 11.3 Å². The predicted octanol–water partition coefficient (Wildman–Crippen LogP) is 2.72. The van der Waals surface area contributed by atoms with Crippen LogP contribution in [-0.2, 0) is 12.6 Å². The fourth-order valence-electron chi connectivity index (χ4n) is 3.19. The topological polar surface area (TPSA) is 38.1 Å². The lowest BCUT2D eigenvalue weighted by atomic mass is 9.87. The lowest BCUT2D eigenvalue weighted by molar-refractivity contribution is -0.00828. The van der Waals surface area contributed by atoms with Crippen LogP contribution in [0.4, 0.5) is 0 Å². The normalized spacial score (nSPS) is 33.2. The van der Waals surface area contributed by atoms with Crippen molar-refractivity contribution >= 4 is 11.6 Å². The first-order chi connectivity index (χ1) is 7.26. The highest BCUT2D eigenvalue weighted by Crippen LogP contribution is 2.53. The number of nitrogens with zero attached hydrogens (tertiary/aromatic N) is 2. The molecular weight excluding hydrogens is 224 g/mol. The highest BCUT2D eigenvalue weighted by atomic mass is 35.5. The van der Waals surface area contributed by atoms with E-state index < -0.39 is 5.60 Å². The van der Waals surface area contributed by atoms with Crippen molar-refractivity contribution in [3.05, 3.63) is 16.9 Å². The van der Waals surface area contributed by atoms with Gasteiger partial charge in [-0.2, -0.15) is 5.10 Å². The molecule has 1 N–H and O–H groups in total. The summed E-state index contributed by atoms with van der Waals surface area (Å²) < 4.78 is 1.69. The van der Waals surface area contributed by atoms with Crippen LogP contribution in [0.5, 0.6) is 0 Å². The van der Waals surface area contributed by atoms with Crippen LogP contribution < -0.4 is 0 Å². The van der Waals surface area contributed by atoms with Gasteiger partial charge in [-0.05, 0) is 24.2 Å². The minimum Gasteiger partial charge on any atom is -0.383 e. The minimum absolute atomic E-state index is 0.155. The summed E-state index contributed by atoms with van der Waals surface area (Å²) in [7, 11) is 1.83. The van der Waals surface area contributed by atoms with Gasteiger partial charge in [0.2, 0.25) is 0 Å². The van der Waals surface area contributed by atoms with E-state index in [0.29, 0.717) is 5.02 Å². The number of aryl methyl sites for hydroxylation is 1. The quantitative estimate of drug-likeness (QED) is 0.822. The maximum Gasteiger partial charge on any atom is 0.111 e. The molecule has 1 aliphatic carbocycles. The monoisotopic (exact) mass is 242 g/mol. The van der Waals surface area contributed by atoms with Crippen molar-refractivity contribution in [1.82, 2.24) is 9.78 Å². The van der Waals surface area contributed by atoms with Crippen LogP contribution in [0, 0.1) is 11.3 Å².